The lowest BCUT2D eigenvalue weighted by Crippen LogP contribution is -3.00. The highest BCUT2D eigenvalue weighted by Crippen LogP contribution is 2.16. The number of quaternary nitrogens is 1. The minimum Gasteiger partial charge on any atom is -1.00 e. The SMILES string of the molecule is C[N+](C)(C)CCNC(=O)NC1CCCCC1.[Br-]. The van der Waals surface area contributed by atoms with Crippen LogP contribution in [0.25, 0.3) is 0 Å². The molecule has 5 heteroatoms. The first-order valence-electron chi connectivity index (χ1n) is 6.32. The molecule has 4 nitrogen and oxygen atoms in total. The van der Waals surface area contributed by atoms with Gasteiger partial charge in [0, 0.05) is 6.04 Å². The van der Waals surface area contributed by atoms with E-state index in [2.05, 4.69) is 31.8 Å². The smallest absolute Gasteiger partial charge is 0.315 e. The number of amides is 2. The predicted molar refractivity (Wildman–Crippen MR) is 66.3 cm³/mol. The van der Waals surface area contributed by atoms with Crippen molar-refractivity contribution in [1.29, 1.82) is 0 Å². The van der Waals surface area contributed by atoms with Crippen molar-refractivity contribution in [3.63, 3.8) is 0 Å². The van der Waals surface area contributed by atoms with E-state index >= 15 is 0 Å². The van der Waals surface area contributed by atoms with Gasteiger partial charge in [-0.3, -0.25) is 0 Å². The standard InChI is InChI=1S/C12H25N3O.BrH/c1-15(2,3)10-9-13-12(16)14-11-7-5-4-6-8-11;/h11H,4-10H2,1-3H3,(H-,13,14,16);1H. The average molecular weight is 308 g/mol. The maximum Gasteiger partial charge on any atom is 0.315 e. The first-order chi connectivity index (χ1) is 7.47. The molecule has 0 aliphatic heterocycles. The summed E-state index contributed by atoms with van der Waals surface area (Å²) in [6, 6.07) is 0.401. The van der Waals surface area contributed by atoms with Gasteiger partial charge in [-0.25, -0.2) is 4.79 Å². The third kappa shape index (κ3) is 8.44. The molecule has 1 fully saturated rings. The Morgan fingerprint density at radius 3 is 2.29 bits per heavy atom. The Morgan fingerprint density at radius 2 is 1.76 bits per heavy atom. The van der Waals surface area contributed by atoms with Crippen LogP contribution in [0.2, 0.25) is 0 Å². The van der Waals surface area contributed by atoms with Crippen LogP contribution < -0.4 is 27.6 Å². The summed E-state index contributed by atoms with van der Waals surface area (Å²) in [6.07, 6.45) is 6.11. The topological polar surface area (TPSA) is 41.1 Å². The molecule has 1 saturated carbocycles. The number of likely N-dealkylation sites (N-methyl/N-ethyl adjacent to an activating group) is 1. The molecule has 1 rings (SSSR count). The first-order valence-corrected chi connectivity index (χ1v) is 6.32. The molecular formula is C12H26BrN3O. The number of nitrogens with one attached hydrogen (secondary N) is 2. The Balaban J connectivity index is 0.00000256. The van der Waals surface area contributed by atoms with Gasteiger partial charge in [-0.05, 0) is 12.8 Å². The molecule has 0 saturated heterocycles. The lowest BCUT2D eigenvalue weighted by Gasteiger charge is -2.25. The van der Waals surface area contributed by atoms with Crippen molar-refractivity contribution in [3.8, 4) is 0 Å². The van der Waals surface area contributed by atoms with Gasteiger partial charge in [0.1, 0.15) is 0 Å². The Morgan fingerprint density at radius 1 is 1.18 bits per heavy atom. The maximum absolute atomic E-state index is 11.6. The van der Waals surface area contributed by atoms with Crippen molar-refractivity contribution in [3.05, 3.63) is 0 Å². The summed E-state index contributed by atoms with van der Waals surface area (Å²) in [7, 11) is 6.38. The molecule has 0 radical (unpaired) electrons. The highest BCUT2D eigenvalue weighted by Gasteiger charge is 2.15. The summed E-state index contributed by atoms with van der Waals surface area (Å²) in [5.74, 6) is 0. The number of carbonyl (C=O) groups excluding carboxylic acids is 1. The quantitative estimate of drug-likeness (QED) is 0.599. The van der Waals surface area contributed by atoms with Gasteiger partial charge in [0.2, 0.25) is 0 Å². The lowest BCUT2D eigenvalue weighted by atomic mass is 9.96. The number of halogens is 1. The average Bonchev–Trinajstić information content (AvgIpc) is 2.17. The zero-order valence-corrected chi connectivity index (χ0v) is 12.8. The van der Waals surface area contributed by atoms with E-state index in [1.165, 1.54) is 19.3 Å². The van der Waals surface area contributed by atoms with Crippen LogP contribution >= 0.6 is 0 Å². The van der Waals surface area contributed by atoms with Crippen LogP contribution in [-0.4, -0.2) is 50.8 Å². The molecule has 17 heavy (non-hydrogen) atoms. The van der Waals surface area contributed by atoms with E-state index in [1.54, 1.807) is 0 Å². The van der Waals surface area contributed by atoms with Crippen LogP contribution in [-0.2, 0) is 0 Å². The van der Waals surface area contributed by atoms with Crippen molar-refractivity contribution in [1.82, 2.24) is 10.6 Å². The van der Waals surface area contributed by atoms with Crippen molar-refractivity contribution in [2.75, 3.05) is 34.2 Å². The molecule has 0 unspecified atom stereocenters. The molecule has 0 bridgehead atoms. The van der Waals surface area contributed by atoms with E-state index in [-0.39, 0.29) is 23.0 Å². The van der Waals surface area contributed by atoms with E-state index in [0.29, 0.717) is 6.04 Å². The fourth-order valence-electron chi connectivity index (χ4n) is 1.99. The molecule has 0 heterocycles. The van der Waals surface area contributed by atoms with E-state index < -0.39 is 0 Å². The number of urea groups is 1. The van der Waals surface area contributed by atoms with Crippen LogP contribution in [0.4, 0.5) is 4.79 Å². The number of nitrogens with zero attached hydrogens (tertiary/aromatic N) is 1. The minimum atomic E-state index is 0. The second-order valence-corrected chi connectivity index (χ2v) is 5.75. The Bertz CT molecular complexity index is 222. The third-order valence-corrected chi connectivity index (χ3v) is 3.01. The van der Waals surface area contributed by atoms with E-state index in [4.69, 9.17) is 0 Å². The van der Waals surface area contributed by atoms with Gasteiger partial charge in [-0.15, -0.1) is 0 Å². The van der Waals surface area contributed by atoms with Crippen molar-refractivity contribution in [2.24, 2.45) is 0 Å². The van der Waals surface area contributed by atoms with Crippen LogP contribution in [0.15, 0.2) is 0 Å². The van der Waals surface area contributed by atoms with E-state index in [1.807, 2.05) is 0 Å². The number of hydrogen-bond donors (Lipinski definition) is 2. The Hall–Kier alpha value is -0.290. The molecule has 102 valence electrons. The zero-order valence-electron chi connectivity index (χ0n) is 11.3. The van der Waals surface area contributed by atoms with E-state index in [9.17, 15) is 4.79 Å². The Labute approximate surface area is 115 Å². The third-order valence-electron chi connectivity index (χ3n) is 3.01. The second-order valence-electron chi connectivity index (χ2n) is 5.75. The van der Waals surface area contributed by atoms with Gasteiger partial charge in [-0.2, -0.15) is 0 Å². The largest absolute Gasteiger partial charge is 1.00 e. The highest BCUT2D eigenvalue weighted by molar-refractivity contribution is 5.74. The first kappa shape index (κ1) is 16.7. The summed E-state index contributed by atoms with van der Waals surface area (Å²) >= 11 is 0. The second kappa shape index (κ2) is 7.93. The van der Waals surface area contributed by atoms with Gasteiger partial charge in [-0.1, -0.05) is 19.3 Å². The maximum atomic E-state index is 11.6. The molecule has 0 atom stereocenters. The van der Waals surface area contributed by atoms with Gasteiger partial charge in [0.05, 0.1) is 34.2 Å². The fourth-order valence-corrected chi connectivity index (χ4v) is 1.99. The predicted octanol–water partition coefficient (Wildman–Crippen LogP) is -1.67. The zero-order chi connectivity index (χ0) is 12.0. The van der Waals surface area contributed by atoms with Gasteiger partial charge in [0.15, 0.2) is 0 Å². The molecule has 1 aliphatic rings. The van der Waals surface area contributed by atoms with Crippen LogP contribution in [0.5, 0.6) is 0 Å². The van der Waals surface area contributed by atoms with E-state index in [0.717, 1.165) is 30.4 Å². The molecular weight excluding hydrogens is 282 g/mol. The van der Waals surface area contributed by atoms with Crippen molar-refractivity contribution >= 4 is 6.03 Å². The molecule has 0 spiro atoms. The lowest BCUT2D eigenvalue weighted by molar-refractivity contribution is -0.869. The monoisotopic (exact) mass is 307 g/mol. The fraction of sp³-hybridized carbons (Fsp3) is 0.917. The van der Waals surface area contributed by atoms with Crippen molar-refractivity contribution < 1.29 is 26.3 Å². The Kier molecular flexibility index (Phi) is 7.79. The van der Waals surface area contributed by atoms with Gasteiger partial charge >= 0.3 is 6.03 Å². The highest BCUT2D eigenvalue weighted by atomic mass is 79.9. The molecule has 2 amide bonds. The van der Waals surface area contributed by atoms with Gasteiger partial charge < -0.3 is 32.1 Å². The molecule has 0 aromatic carbocycles. The van der Waals surface area contributed by atoms with Crippen LogP contribution in [0.3, 0.4) is 0 Å². The van der Waals surface area contributed by atoms with Crippen molar-refractivity contribution in [2.45, 2.75) is 38.1 Å². The molecule has 0 aromatic rings. The summed E-state index contributed by atoms with van der Waals surface area (Å²) in [5.41, 5.74) is 0. The summed E-state index contributed by atoms with van der Waals surface area (Å²) < 4.78 is 0.879. The normalized spacial score (nSPS) is 17.1. The number of hydrogen-bond acceptors (Lipinski definition) is 1. The summed E-state index contributed by atoms with van der Waals surface area (Å²) in [4.78, 5) is 11.6. The van der Waals surface area contributed by atoms with Gasteiger partial charge in [0.25, 0.3) is 0 Å². The molecule has 2 N–H and O–H groups in total. The summed E-state index contributed by atoms with van der Waals surface area (Å²) in [5, 5.41) is 5.97. The molecule has 0 aromatic heterocycles. The number of carbonyl (C=O) groups is 1. The van der Waals surface area contributed by atoms with Crippen LogP contribution in [0.1, 0.15) is 32.1 Å². The molecule has 1 aliphatic carbocycles. The summed E-state index contributed by atoms with van der Waals surface area (Å²) in [6.45, 7) is 1.69. The minimum absolute atomic E-state index is 0. The number of rotatable bonds is 4. The van der Waals surface area contributed by atoms with Crippen LogP contribution in [0, 0.1) is 0 Å².